The van der Waals surface area contributed by atoms with Crippen LogP contribution in [-0.2, 0) is 6.54 Å². The van der Waals surface area contributed by atoms with Crippen LogP contribution in [0.5, 0.6) is 0 Å². The second kappa shape index (κ2) is 3.81. The van der Waals surface area contributed by atoms with Gasteiger partial charge in [0.25, 0.3) is 0 Å². The van der Waals surface area contributed by atoms with Gasteiger partial charge in [0, 0.05) is 23.7 Å². The Kier molecular flexibility index (Phi) is 2.51. The molecule has 0 aromatic carbocycles. The fourth-order valence-electron chi connectivity index (χ4n) is 1.08. The maximum Gasteiger partial charge on any atom is 0.218 e. The Morgan fingerprint density at radius 1 is 1.43 bits per heavy atom. The summed E-state index contributed by atoms with van der Waals surface area (Å²) in [6, 6.07) is 3.36. The third kappa shape index (κ3) is 1.64. The number of nitrogens with two attached hydrogens (primary N) is 1. The van der Waals surface area contributed by atoms with Crippen molar-refractivity contribution in [2.75, 3.05) is 0 Å². The average molecular weight is 209 g/mol. The van der Waals surface area contributed by atoms with E-state index >= 15 is 0 Å². The van der Waals surface area contributed by atoms with E-state index in [-0.39, 0.29) is 6.54 Å². The highest BCUT2D eigenvalue weighted by molar-refractivity contribution is 7.13. The molecule has 0 amide bonds. The quantitative estimate of drug-likeness (QED) is 0.767. The van der Waals surface area contributed by atoms with Crippen LogP contribution in [0.25, 0.3) is 10.7 Å². The van der Waals surface area contributed by atoms with Crippen molar-refractivity contribution in [1.82, 2.24) is 9.97 Å². The van der Waals surface area contributed by atoms with Crippen LogP contribution in [0, 0.1) is 5.95 Å². The lowest BCUT2D eigenvalue weighted by atomic mass is 10.2. The van der Waals surface area contributed by atoms with Crippen LogP contribution in [0.3, 0.4) is 0 Å². The van der Waals surface area contributed by atoms with Crippen molar-refractivity contribution >= 4 is 11.3 Å². The number of hydrogen-bond acceptors (Lipinski definition) is 4. The second-order valence-corrected chi connectivity index (χ2v) is 3.58. The van der Waals surface area contributed by atoms with Crippen molar-refractivity contribution in [3.8, 4) is 10.7 Å². The molecule has 0 atom stereocenters. The zero-order valence-electron chi connectivity index (χ0n) is 7.27. The molecule has 2 N–H and O–H groups in total. The summed E-state index contributed by atoms with van der Waals surface area (Å²) in [5, 5.41) is 2.54. The number of hydrogen-bond donors (Lipinski definition) is 1. The van der Waals surface area contributed by atoms with Crippen LogP contribution < -0.4 is 5.73 Å². The van der Waals surface area contributed by atoms with Gasteiger partial charge in [0.15, 0.2) is 0 Å². The van der Waals surface area contributed by atoms with Crippen LogP contribution in [0.1, 0.15) is 5.56 Å². The number of thiazole rings is 1. The van der Waals surface area contributed by atoms with Gasteiger partial charge in [-0.3, -0.25) is 0 Å². The summed E-state index contributed by atoms with van der Waals surface area (Å²) < 4.78 is 13.2. The number of pyridine rings is 1. The molecule has 0 saturated heterocycles. The molecule has 0 aliphatic carbocycles. The van der Waals surface area contributed by atoms with Gasteiger partial charge in [0.2, 0.25) is 5.95 Å². The molecule has 14 heavy (non-hydrogen) atoms. The molecule has 0 bridgehead atoms. The highest BCUT2D eigenvalue weighted by Crippen LogP contribution is 2.20. The molecular weight excluding hydrogens is 201 g/mol. The molecule has 0 aliphatic heterocycles. The highest BCUT2D eigenvalue weighted by Gasteiger charge is 2.06. The summed E-state index contributed by atoms with van der Waals surface area (Å²) in [6.45, 7) is 0.164. The lowest BCUT2D eigenvalue weighted by Crippen LogP contribution is -2.02. The molecule has 2 heterocycles. The molecule has 0 unspecified atom stereocenters. The summed E-state index contributed by atoms with van der Waals surface area (Å²) in [5.41, 5.74) is 6.30. The van der Waals surface area contributed by atoms with Crippen LogP contribution in [0.2, 0.25) is 0 Å². The number of rotatable bonds is 2. The fraction of sp³-hybridized carbons (Fsp3) is 0.111. The zero-order chi connectivity index (χ0) is 9.97. The Morgan fingerprint density at radius 3 is 2.86 bits per heavy atom. The van der Waals surface area contributed by atoms with Crippen LogP contribution in [0.15, 0.2) is 23.7 Å². The normalized spacial score (nSPS) is 10.4. The van der Waals surface area contributed by atoms with Gasteiger partial charge in [-0.1, -0.05) is 6.07 Å². The van der Waals surface area contributed by atoms with E-state index in [1.54, 1.807) is 18.3 Å². The van der Waals surface area contributed by atoms with E-state index in [0.717, 1.165) is 0 Å². The van der Waals surface area contributed by atoms with Gasteiger partial charge in [-0.05, 0) is 6.07 Å². The van der Waals surface area contributed by atoms with Crippen LogP contribution >= 0.6 is 11.3 Å². The van der Waals surface area contributed by atoms with E-state index in [0.29, 0.717) is 16.3 Å². The van der Waals surface area contributed by atoms with Crippen molar-refractivity contribution in [2.24, 2.45) is 5.73 Å². The van der Waals surface area contributed by atoms with E-state index in [1.807, 2.05) is 5.38 Å². The van der Waals surface area contributed by atoms with E-state index in [9.17, 15) is 4.39 Å². The molecule has 0 saturated carbocycles. The molecule has 5 heteroatoms. The van der Waals surface area contributed by atoms with Gasteiger partial charge in [-0.2, -0.15) is 4.39 Å². The van der Waals surface area contributed by atoms with Crippen molar-refractivity contribution in [3.05, 3.63) is 35.2 Å². The summed E-state index contributed by atoms with van der Waals surface area (Å²) in [4.78, 5) is 7.83. The Bertz CT molecular complexity index is 428. The van der Waals surface area contributed by atoms with Gasteiger partial charge in [0.05, 0.1) is 0 Å². The van der Waals surface area contributed by atoms with Crippen molar-refractivity contribution in [2.45, 2.75) is 6.54 Å². The largest absolute Gasteiger partial charge is 0.326 e. The Balaban J connectivity index is 2.43. The van der Waals surface area contributed by atoms with Gasteiger partial charge in [-0.15, -0.1) is 11.3 Å². The Morgan fingerprint density at radius 2 is 2.29 bits per heavy atom. The second-order valence-electron chi connectivity index (χ2n) is 2.69. The monoisotopic (exact) mass is 209 g/mol. The van der Waals surface area contributed by atoms with Gasteiger partial charge in [0.1, 0.15) is 10.7 Å². The van der Waals surface area contributed by atoms with Crippen LogP contribution in [0.4, 0.5) is 4.39 Å². The third-order valence-electron chi connectivity index (χ3n) is 1.80. The minimum absolute atomic E-state index is 0.164. The first kappa shape index (κ1) is 9.23. The predicted molar refractivity (Wildman–Crippen MR) is 53.2 cm³/mol. The van der Waals surface area contributed by atoms with Gasteiger partial charge < -0.3 is 5.73 Å². The number of halogens is 1. The average Bonchev–Trinajstić information content (AvgIpc) is 2.70. The molecule has 3 nitrogen and oxygen atoms in total. The molecule has 0 spiro atoms. The van der Waals surface area contributed by atoms with E-state index in [2.05, 4.69) is 9.97 Å². The lowest BCUT2D eigenvalue weighted by molar-refractivity contribution is 0.568. The Hall–Kier alpha value is -1.33. The summed E-state index contributed by atoms with van der Waals surface area (Å²) in [6.07, 6.45) is 1.66. The first-order chi connectivity index (χ1) is 6.81. The van der Waals surface area contributed by atoms with Gasteiger partial charge in [-0.25, -0.2) is 9.97 Å². The maximum atomic E-state index is 13.2. The first-order valence-electron chi connectivity index (χ1n) is 4.06. The summed E-state index contributed by atoms with van der Waals surface area (Å²) >= 11 is 1.43. The van der Waals surface area contributed by atoms with E-state index in [4.69, 9.17) is 5.73 Å². The predicted octanol–water partition coefficient (Wildman–Crippen LogP) is 1.80. The molecule has 0 radical (unpaired) electrons. The molecule has 0 fully saturated rings. The molecule has 2 rings (SSSR count). The van der Waals surface area contributed by atoms with E-state index < -0.39 is 5.95 Å². The topological polar surface area (TPSA) is 51.8 Å². The third-order valence-corrected chi connectivity index (χ3v) is 2.59. The molecule has 2 aromatic rings. The zero-order valence-corrected chi connectivity index (χ0v) is 8.09. The summed E-state index contributed by atoms with van der Waals surface area (Å²) in [5.74, 6) is -0.514. The van der Waals surface area contributed by atoms with Crippen LogP contribution in [-0.4, -0.2) is 9.97 Å². The van der Waals surface area contributed by atoms with Gasteiger partial charge >= 0.3 is 0 Å². The molecular formula is C9H8FN3S. The minimum Gasteiger partial charge on any atom is -0.326 e. The van der Waals surface area contributed by atoms with Crippen molar-refractivity contribution < 1.29 is 4.39 Å². The first-order valence-corrected chi connectivity index (χ1v) is 4.94. The standard InChI is InChI=1S/C9H8FN3S/c10-8-6(5-11)1-2-7(13-8)9-12-3-4-14-9/h1-4H,5,11H2. The minimum atomic E-state index is -0.514. The smallest absolute Gasteiger partial charge is 0.218 e. The fourth-order valence-corrected chi connectivity index (χ4v) is 1.69. The number of aromatic nitrogens is 2. The van der Waals surface area contributed by atoms with Crippen molar-refractivity contribution in [3.63, 3.8) is 0 Å². The number of nitrogens with zero attached hydrogens (tertiary/aromatic N) is 2. The molecule has 2 aromatic heterocycles. The highest BCUT2D eigenvalue weighted by atomic mass is 32.1. The summed E-state index contributed by atoms with van der Waals surface area (Å²) in [7, 11) is 0. The van der Waals surface area contributed by atoms with E-state index in [1.165, 1.54) is 11.3 Å². The lowest BCUT2D eigenvalue weighted by Gasteiger charge is -2.00. The molecule has 0 aliphatic rings. The Labute approximate surface area is 84.4 Å². The molecule has 72 valence electrons. The van der Waals surface area contributed by atoms with Crippen molar-refractivity contribution in [1.29, 1.82) is 0 Å². The maximum absolute atomic E-state index is 13.2. The SMILES string of the molecule is NCc1ccc(-c2nccs2)nc1F.